The monoisotopic (exact) mass is 277 g/mol. The van der Waals surface area contributed by atoms with E-state index in [0.717, 1.165) is 12.8 Å². The topological polar surface area (TPSA) is 44.4 Å². The van der Waals surface area contributed by atoms with Crippen molar-refractivity contribution in [2.24, 2.45) is 10.8 Å². The van der Waals surface area contributed by atoms with E-state index < -0.39 is 17.0 Å². The van der Waals surface area contributed by atoms with Crippen LogP contribution in [-0.4, -0.2) is 49.8 Å². The Morgan fingerprint density at radius 1 is 1.26 bits per heavy atom. The zero-order valence-electron chi connectivity index (χ0n) is 10.6. The van der Waals surface area contributed by atoms with Crippen molar-refractivity contribution in [1.82, 2.24) is 15.5 Å². The molecule has 2 N–H and O–H groups in total. The maximum Gasteiger partial charge on any atom is 0.396 e. The Morgan fingerprint density at radius 2 is 1.95 bits per heavy atom. The van der Waals surface area contributed by atoms with Crippen LogP contribution < -0.4 is 10.6 Å². The summed E-state index contributed by atoms with van der Waals surface area (Å²) < 4.78 is 39.3. The molecule has 1 aliphatic carbocycles. The molecule has 0 bridgehead atoms. The maximum absolute atomic E-state index is 13.1. The van der Waals surface area contributed by atoms with Gasteiger partial charge in [-0.2, -0.15) is 13.2 Å². The van der Waals surface area contributed by atoms with Gasteiger partial charge in [0.05, 0.1) is 5.41 Å². The second-order valence-corrected chi connectivity index (χ2v) is 5.99. The molecule has 0 aromatic rings. The van der Waals surface area contributed by atoms with Gasteiger partial charge in [-0.25, -0.2) is 4.79 Å². The van der Waals surface area contributed by atoms with E-state index in [2.05, 4.69) is 10.6 Å². The summed E-state index contributed by atoms with van der Waals surface area (Å²) in [5.41, 5.74) is -2.43. The largest absolute Gasteiger partial charge is 0.396 e. The summed E-state index contributed by atoms with van der Waals surface area (Å²) in [6.07, 6.45) is -2.09. The van der Waals surface area contributed by atoms with Gasteiger partial charge in [-0.05, 0) is 19.3 Å². The van der Waals surface area contributed by atoms with E-state index in [4.69, 9.17) is 0 Å². The van der Waals surface area contributed by atoms with Crippen LogP contribution in [0, 0.1) is 10.8 Å². The van der Waals surface area contributed by atoms with Crippen LogP contribution in [0.1, 0.15) is 19.3 Å². The molecule has 2 saturated heterocycles. The summed E-state index contributed by atoms with van der Waals surface area (Å²) >= 11 is 0. The first-order chi connectivity index (χ1) is 8.90. The van der Waals surface area contributed by atoms with Crippen molar-refractivity contribution in [2.45, 2.75) is 25.4 Å². The van der Waals surface area contributed by atoms with Crippen molar-refractivity contribution in [3.05, 3.63) is 0 Å². The Kier molecular flexibility index (Phi) is 2.75. The molecule has 3 aliphatic rings. The zero-order chi connectivity index (χ0) is 13.7. The third-order valence-corrected chi connectivity index (χ3v) is 4.93. The van der Waals surface area contributed by atoms with Crippen molar-refractivity contribution in [3.63, 3.8) is 0 Å². The smallest absolute Gasteiger partial charge is 0.337 e. The first-order valence-electron chi connectivity index (χ1n) is 6.71. The first-order valence-corrected chi connectivity index (χ1v) is 6.71. The minimum Gasteiger partial charge on any atom is -0.337 e. The Hall–Kier alpha value is -0.980. The van der Waals surface area contributed by atoms with Crippen molar-refractivity contribution in [1.29, 1.82) is 0 Å². The molecule has 1 saturated carbocycles. The molecule has 0 aromatic heterocycles. The highest BCUT2D eigenvalue weighted by molar-refractivity contribution is 5.74. The molecule has 108 valence electrons. The van der Waals surface area contributed by atoms with Crippen molar-refractivity contribution < 1.29 is 18.0 Å². The van der Waals surface area contributed by atoms with Gasteiger partial charge >= 0.3 is 12.2 Å². The molecule has 0 aromatic carbocycles. The SMILES string of the molecule is O=C(NC[C@]12CNC[C@@]1(C(F)(F)F)C2)N1CCCC1. The molecule has 4 nitrogen and oxygen atoms in total. The fourth-order valence-electron chi connectivity index (χ4n) is 3.60. The van der Waals surface area contributed by atoms with Crippen LogP contribution in [0.15, 0.2) is 0 Å². The summed E-state index contributed by atoms with van der Waals surface area (Å²) in [7, 11) is 0. The lowest BCUT2D eigenvalue weighted by Gasteiger charge is -2.22. The van der Waals surface area contributed by atoms with Crippen molar-refractivity contribution in [2.75, 3.05) is 32.7 Å². The van der Waals surface area contributed by atoms with Crippen LogP contribution in [0.5, 0.6) is 0 Å². The summed E-state index contributed by atoms with van der Waals surface area (Å²) in [6.45, 7) is 1.86. The number of carbonyl (C=O) groups is 1. The molecular formula is C12H18F3N3O. The standard InChI is InChI=1S/C12H18F3N3O/c13-12(14,15)11-5-10(11,6-16-8-11)7-17-9(19)18-3-1-2-4-18/h16H,1-8H2,(H,17,19)/t10-,11-/m0/s1. The molecule has 0 radical (unpaired) electrons. The van der Waals surface area contributed by atoms with Crippen LogP contribution in [-0.2, 0) is 0 Å². The van der Waals surface area contributed by atoms with E-state index in [-0.39, 0.29) is 25.5 Å². The predicted octanol–water partition coefficient (Wildman–Crippen LogP) is 1.33. The highest BCUT2D eigenvalue weighted by Crippen LogP contribution is 2.72. The number of nitrogens with one attached hydrogen (secondary N) is 2. The van der Waals surface area contributed by atoms with Gasteiger partial charge in [-0.1, -0.05) is 0 Å². The Balaban J connectivity index is 1.60. The molecular weight excluding hydrogens is 259 g/mol. The van der Waals surface area contributed by atoms with Gasteiger partial charge < -0.3 is 15.5 Å². The number of rotatable bonds is 2. The number of nitrogens with zero attached hydrogens (tertiary/aromatic N) is 1. The van der Waals surface area contributed by atoms with Crippen LogP contribution >= 0.6 is 0 Å². The molecule has 3 fully saturated rings. The Bertz CT molecular complexity index is 394. The second-order valence-electron chi connectivity index (χ2n) is 5.99. The summed E-state index contributed by atoms with van der Waals surface area (Å²) in [6, 6.07) is -0.221. The number of urea groups is 1. The fourth-order valence-corrected chi connectivity index (χ4v) is 3.60. The van der Waals surface area contributed by atoms with E-state index >= 15 is 0 Å². The normalized spacial score (nSPS) is 37.3. The van der Waals surface area contributed by atoms with Gasteiger partial charge in [0.2, 0.25) is 0 Å². The molecule has 2 atom stereocenters. The highest BCUT2D eigenvalue weighted by atomic mass is 19.4. The molecule has 3 rings (SSSR count). The minimum absolute atomic E-state index is 0.0178. The number of amides is 2. The lowest BCUT2D eigenvalue weighted by atomic mass is 9.95. The van der Waals surface area contributed by atoms with Gasteiger partial charge in [0.1, 0.15) is 0 Å². The number of likely N-dealkylation sites (tertiary alicyclic amines) is 1. The number of hydrogen-bond donors (Lipinski definition) is 2. The van der Waals surface area contributed by atoms with Crippen molar-refractivity contribution >= 4 is 6.03 Å². The van der Waals surface area contributed by atoms with E-state index in [1.807, 2.05) is 0 Å². The third kappa shape index (κ3) is 1.81. The third-order valence-electron chi connectivity index (χ3n) is 4.93. The number of carbonyl (C=O) groups excluding carboxylic acids is 1. The Morgan fingerprint density at radius 3 is 2.53 bits per heavy atom. The number of halogens is 3. The van der Waals surface area contributed by atoms with Gasteiger partial charge in [-0.15, -0.1) is 0 Å². The Labute approximate surface area is 109 Å². The van der Waals surface area contributed by atoms with E-state index in [1.165, 1.54) is 0 Å². The first kappa shape index (κ1) is 13.0. The molecule has 19 heavy (non-hydrogen) atoms. The minimum atomic E-state index is -4.19. The van der Waals surface area contributed by atoms with Gasteiger partial charge in [0, 0.05) is 38.1 Å². The number of piperidine rings is 1. The van der Waals surface area contributed by atoms with Crippen molar-refractivity contribution in [3.8, 4) is 0 Å². The number of alkyl halides is 3. The van der Waals surface area contributed by atoms with E-state index in [0.29, 0.717) is 19.6 Å². The van der Waals surface area contributed by atoms with Crippen LogP contribution in [0.3, 0.4) is 0 Å². The lowest BCUT2D eigenvalue weighted by molar-refractivity contribution is -0.190. The van der Waals surface area contributed by atoms with Crippen LogP contribution in [0.4, 0.5) is 18.0 Å². The zero-order valence-corrected chi connectivity index (χ0v) is 10.6. The van der Waals surface area contributed by atoms with Gasteiger partial charge in [-0.3, -0.25) is 0 Å². The summed E-state index contributed by atoms with van der Waals surface area (Å²) in [5, 5.41) is 5.51. The van der Waals surface area contributed by atoms with E-state index in [9.17, 15) is 18.0 Å². The van der Waals surface area contributed by atoms with Gasteiger partial charge in [0.15, 0.2) is 0 Å². The predicted molar refractivity (Wildman–Crippen MR) is 62.6 cm³/mol. The number of hydrogen-bond acceptors (Lipinski definition) is 2. The maximum atomic E-state index is 13.1. The van der Waals surface area contributed by atoms with Crippen LogP contribution in [0.25, 0.3) is 0 Å². The summed E-state index contributed by atoms with van der Waals surface area (Å²) in [4.78, 5) is 13.5. The summed E-state index contributed by atoms with van der Waals surface area (Å²) in [5.74, 6) is 0. The molecule has 2 aliphatic heterocycles. The number of fused-ring (bicyclic) bond motifs is 1. The molecule has 0 unspecified atom stereocenters. The molecule has 2 amide bonds. The molecule has 0 spiro atoms. The van der Waals surface area contributed by atoms with Gasteiger partial charge in [0.25, 0.3) is 0 Å². The lowest BCUT2D eigenvalue weighted by Crippen LogP contribution is -2.43. The molecule has 2 heterocycles. The van der Waals surface area contributed by atoms with Crippen LogP contribution in [0.2, 0.25) is 0 Å². The average molecular weight is 277 g/mol. The fraction of sp³-hybridized carbons (Fsp3) is 0.917. The van der Waals surface area contributed by atoms with E-state index in [1.54, 1.807) is 4.90 Å². The quantitative estimate of drug-likeness (QED) is 0.800. The highest BCUT2D eigenvalue weighted by Gasteiger charge is 2.81. The average Bonchev–Trinajstić information content (AvgIpc) is 2.76. The molecule has 7 heteroatoms. The second kappa shape index (κ2) is 4.01.